The van der Waals surface area contributed by atoms with Crippen LogP contribution in [0.15, 0.2) is 42.6 Å². The zero-order valence-electron chi connectivity index (χ0n) is 25.6. The SMILES string of the molecule is CNc1ncc(Cl)c(Nc2ccc3c(c2)CC(=O)N3C)n1.Cn1nc(C2CCC(=O)NC2=O)c2ccc(N3CCCCC3)cc21. The van der Waals surface area contributed by atoms with Gasteiger partial charge in [-0.3, -0.25) is 24.4 Å². The van der Waals surface area contributed by atoms with E-state index in [1.165, 1.54) is 31.1 Å². The number of carbonyl (C=O) groups excluding carboxylic acids is 3. The molecule has 2 aromatic heterocycles. The number of rotatable bonds is 5. The molecule has 1 unspecified atom stereocenters. The first-order valence-corrected chi connectivity index (χ1v) is 15.5. The van der Waals surface area contributed by atoms with E-state index in [0.717, 1.165) is 46.6 Å². The number of likely N-dealkylation sites (N-methyl/N-ethyl adjacent to an activating group) is 1. The lowest BCUT2D eigenvalue weighted by molar-refractivity contribution is -0.134. The number of aromatic nitrogens is 4. The van der Waals surface area contributed by atoms with Gasteiger partial charge in [0, 0.05) is 63.1 Å². The quantitative estimate of drug-likeness (QED) is 0.272. The van der Waals surface area contributed by atoms with Gasteiger partial charge in [0.15, 0.2) is 5.82 Å². The molecule has 3 N–H and O–H groups in total. The summed E-state index contributed by atoms with van der Waals surface area (Å²) < 4.78 is 1.85. The van der Waals surface area contributed by atoms with Crippen LogP contribution in [0, 0.1) is 0 Å². The summed E-state index contributed by atoms with van der Waals surface area (Å²) >= 11 is 6.09. The van der Waals surface area contributed by atoms with Gasteiger partial charge in [0.1, 0.15) is 5.02 Å². The first-order chi connectivity index (χ1) is 21.7. The molecular formula is C32H36ClN9O3. The van der Waals surface area contributed by atoms with Crippen molar-refractivity contribution in [1.82, 2.24) is 25.1 Å². The third-order valence-electron chi connectivity index (χ3n) is 8.54. The number of aryl methyl sites for hydroxylation is 1. The standard InChI is InChI=1S/C18H22N4O2.C14H14ClN5O/c1-21-15-11-12(22-9-3-2-4-10-22)5-6-13(15)17(20-21)14-7-8-16(23)19-18(14)24;1-16-14-17-7-10(15)13(19-14)18-9-3-4-11-8(5-9)6-12(21)20(11)2/h5-6,11,14H,2-4,7-10H2,1H3,(H,19,23,24);3-5,7H,6H2,1-2H3,(H2,16,17,18,19). The minimum absolute atomic E-state index is 0.0969. The topological polar surface area (TPSA) is 137 Å². The molecule has 2 aromatic carbocycles. The minimum Gasteiger partial charge on any atom is -0.371 e. The van der Waals surface area contributed by atoms with Crippen LogP contribution in [0.3, 0.4) is 0 Å². The molecule has 7 rings (SSSR count). The van der Waals surface area contributed by atoms with E-state index in [-0.39, 0.29) is 23.6 Å². The van der Waals surface area contributed by atoms with Crippen LogP contribution in [0.5, 0.6) is 0 Å². The smallest absolute Gasteiger partial charge is 0.235 e. The predicted molar refractivity (Wildman–Crippen MR) is 175 cm³/mol. The Morgan fingerprint density at radius 3 is 2.58 bits per heavy atom. The summed E-state index contributed by atoms with van der Waals surface area (Å²) in [6.45, 7) is 2.20. The van der Waals surface area contributed by atoms with Crippen LogP contribution < -0.4 is 25.8 Å². The number of imide groups is 1. The van der Waals surface area contributed by atoms with Crippen LogP contribution in [0.4, 0.5) is 28.8 Å². The van der Waals surface area contributed by atoms with Gasteiger partial charge in [-0.1, -0.05) is 11.6 Å². The fourth-order valence-corrected chi connectivity index (χ4v) is 6.23. The molecule has 5 heterocycles. The van der Waals surface area contributed by atoms with E-state index >= 15 is 0 Å². The Kier molecular flexibility index (Phi) is 8.57. The van der Waals surface area contributed by atoms with Crippen molar-refractivity contribution in [3.8, 4) is 0 Å². The average molecular weight is 630 g/mol. The van der Waals surface area contributed by atoms with Crippen LogP contribution in [-0.2, 0) is 27.9 Å². The minimum atomic E-state index is -0.341. The molecule has 2 saturated heterocycles. The average Bonchev–Trinajstić information content (AvgIpc) is 3.52. The van der Waals surface area contributed by atoms with E-state index in [4.69, 9.17) is 11.6 Å². The lowest BCUT2D eigenvalue weighted by Gasteiger charge is -2.28. The summed E-state index contributed by atoms with van der Waals surface area (Å²) in [6, 6.07) is 12.1. The number of halogens is 1. The molecule has 13 heteroatoms. The van der Waals surface area contributed by atoms with Gasteiger partial charge in [-0.15, -0.1) is 0 Å². The Labute approximate surface area is 266 Å². The zero-order valence-corrected chi connectivity index (χ0v) is 26.3. The fraction of sp³-hybridized carbons (Fsp3) is 0.375. The largest absolute Gasteiger partial charge is 0.371 e. The Morgan fingerprint density at radius 2 is 1.82 bits per heavy atom. The van der Waals surface area contributed by atoms with E-state index in [2.05, 4.69) is 54.1 Å². The van der Waals surface area contributed by atoms with Gasteiger partial charge in [-0.25, -0.2) is 4.98 Å². The highest BCUT2D eigenvalue weighted by Crippen LogP contribution is 2.34. The summed E-state index contributed by atoms with van der Waals surface area (Å²) in [5, 5.41) is 14.5. The zero-order chi connectivity index (χ0) is 31.7. The monoisotopic (exact) mass is 629 g/mol. The van der Waals surface area contributed by atoms with Gasteiger partial charge in [0.25, 0.3) is 0 Å². The summed E-state index contributed by atoms with van der Waals surface area (Å²) in [4.78, 5) is 47.6. The second kappa shape index (κ2) is 12.7. The molecule has 0 bridgehead atoms. The van der Waals surface area contributed by atoms with Crippen LogP contribution >= 0.6 is 11.6 Å². The molecule has 0 aliphatic carbocycles. The maximum Gasteiger partial charge on any atom is 0.235 e. The maximum atomic E-state index is 12.2. The highest BCUT2D eigenvalue weighted by Gasteiger charge is 2.31. The Bertz CT molecular complexity index is 1780. The van der Waals surface area contributed by atoms with Gasteiger partial charge in [0.05, 0.1) is 29.7 Å². The molecule has 0 spiro atoms. The molecule has 2 fully saturated rings. The molecule has 0 saturated carbocycles. The van der Waals surface area contributed by atoms with E-state index in [9.17, 15) is 14.4 Å². The number of benzene rings is 2. The number of piperidine rings is 2. The van der Waals surface area contributed by atoms with Crippen molar-refractivity contribution in [3.05, 3.63) is 58.9 Å². The Morgan fingerprint density at radius 1 is 1.02 bits per heavy atom. The number of hydrogen-bond donors (Lipinski definition) is 3. The number of nitrogens with zero attached hydrogens (tertiary/aromatic N) is 6. The predicted octanol–water partition coefficient (Wildman–Crippen LogP) is 4.52. The molecule has 1 atom stereocenters. The van der Waals surface area contributed by atoms with Gasteiger partial charge in [0.2, 0.25) is 23.7 Å². The second-order valence-electron chi connectivity index (χ2n) is 11.5. The Balaban J connectivity index is 0.000000160. The van der Waals surface area contributed by atoms with Crippen molar-refractivity contribution >= 4 is 69.1 Å². The van der Waals surface area contributed by atoms with Crippen LogP contribution in [0.2, 0.25) is 5.02 Å². The van der Waals surface area contributed by atoms with Crippen molar-refractivity contribution in [3.63, 3.8) is 0 Å². The van der Waals surface area contributed by atoms with Crippen molar-refractivity contribution in [2.75, 3.05) is 47.6 Å². The molecule has 0 radical (unpaired) electrons. The summed E-state index contributed by atoms with van der Waals surface area (Å²) in [5.41, 5.74) is 5.81. The maximum absolute atomic E-state index is 12.2. The van der Waals surface area contributed by atoms with Crippen molar-refractivity contribution < 1.29 is 14.4 Å². The highest BCUT2D eigenvalue weighted by atomic mass is 35.5. The van der Waals surface area contributed by atoms with E-state index in [1.807, 2.05) is 29.9 Å². The lowest BCUT2D eigenvalue weighted by Crippen LogP contribution is -2.39. The van der Waals surface area contributed by atoms with E-state index < -0.39 is 0 Å². The van der Waals surface area contributed by atoms with Crippen molar-refractivity contribution in [2.24, 2.45) is 7.05 Å². The van der Waals surface area contributed by atoms with E-state index in [0.29, 0.717) is 36.1 Å². The second-order valence-corrected chi connectivity index (χ2v) is 11.9. The van der Waals surface area contributed by atoms with Gasteiger partial charge < -0.3 is 20.4 Å². The van der Waals surface area contributed by atoms with E-state index in [1.54, 1.807) is 19.0 Å². The molecular weight excluding hydrogens is 594 g/mol. The molecule has 3 amide bonds. The fourth-order valence-electron chi connectivity index (χ4n) is 6.09. The van der Waals surface area contributed by atoms with Crippen molar-refractivity contribution in [1.29, 1.82) is 0 Å². The first-order valence-electron chi connectivity index (χ1n) is 15.1. The number of amides is 3. The van der Waals surface area contributed by atoms with Gasteiger partial charge in [-0.2, -0.15) is 10.1 Å². The molecule has 3 aliphatic rings. The number of anilines is 5. The lowest BCUT2D eigenvalue weighted by atomic mass is 9.93. The Hall–Kier alpha value is -4.71. The molecule has 234 valence electrons. The summed E-state index contributed by atoms with van der Waals surface area (Å²) in [6.07, 6.45) is 6.65. The van der Waals surface area contributed by atoms with Gasteiger partial charge in [-0.05, 0) is 67.6 Å². The number of hydrogen-bond acceptors (Lipinski definition) is 9. The molecule has 3 aliphatic heterocycles. The summed E-state index contributed by atoms with van der Waals surface area (Å²) in [7, 11) is 5.43. The third kappa shape index (κ3) is 6.28. The third-order valence-corrected chi connectivity index (χ3v) is 8.82. The number of carbonyl (C=O) groups is 3. The highest BCUT2D eigenvalue weighted by molar-refractivity contribution is 6.32. The molecule has 12 nitrogen and oxygen atoms in total. The molecule has 4 aromatic rings. The summed E-state index contributed by atoms with van der Waals surface area (Å²) in [5.74, 6) is 0.341. The number of nitrogens with one attached hydrogen (secondary N) is 3. The van der Waals surface area contributed by atoms with Gasteiger partial charge >= 0.3 is 0 Å². The first kappa shape index (κ1) is 30.3. The number of fused-ring (bicyclic) bond motifs is 2. The molecule has 45 heavy (non-hydrogen) atoms. The van der Waals surface area contributed by atoms with Crippen molar-refractivity contribution in [2.45, 2.75) is 44.4 Å². The van der Waals surface area contributed by atoms with Crippen LogP contribution in [0.1, 0.15) is 49.3 Å². The van der Waals surface area contributed by atoms with Crippen LogP contribution in [0.25, 0.3) is 10.9 Å². The van der Waals surface area contributed by atoms with Crippen LogP contribution in [-0.4, -0.2) is 64.7 Å². The normalized spacial score (nSPS) is 18.0.